The molecule has 1 atom stereocenters. The van der Waals surface area contributed by atoms with Crippen molar-refractivity contribution in [3.8, 4) is 0 Å². The first-order chi connectivity index (χ1) is 14.2. The van der Waals surface area contributed by atoms with Crippen molar-refractivity contribution in [1.82, 2.24) is 29.9 Å². The molecule has 29 heavy (non-hydrogen) atoms. The quantitative estimate of drug-likeness (QED) is 0.501. The summed E-state index contributed by atoms with van der Waals surface area (Å²) in [7, 11) is 0. The van der Waals surface area contributed by atoms with Crippen LogP contribution in [0.2, 0.25) is 0 Å². The molecule has 1 fully saturated rings. The molecule has 0 bridgehead atoms. The highest BCUT2D eigenvalue weighted by atomic mass is 32.2. The molecule has 5 heterocycles. The Kier molecular flexibility index (Phi) is 3.91. The topological polar surface area (TPSA) is 110 Å². The number of hydrogen-bond acceptors (Lipinski definition) is 8. The summed E-state index contributed by atoms with van der Waals surface area (Å²) in [5.74, 6) is 1.01. The Balaban J connectivity index is 1.45. The molecule has 0 saturated carbocycles. The Labute approximate surface area is 171 Å². The molecule has 4 aromatic heterocycles. The molecule has 0 amide bonds. The Morgan fingerprint density at radius 1 is 1.14 bits per heavy atom. The summed E-state index contributed by atoms with van der Waals surface area (Å²) in [6, 6.07) is 2.18. The third kappa shape index (κ3) is 2.92. The van der Waals surface area contributed by atoms with Crippen molar-refractivity contribution in [2.75, 3.05) is 18.0 Å². The molecule has 1 saturated heterocycles. The van der Waals surface area contributed by atoms with Gasteiger partial charge in [-0.1, -0.05) is 0 Å². The normalized spacial score (nSPS) is 18.8. The molecule has 6 rings (SSSR count). The maximum atomic E-state index is 6.19. The van der Waals surface area contributed by atoms with Crippen LogP contribution in [0, 0.1) is 0 Å². The number of nitrogens with one attached hydrogen (secondary N) is 1. The van der Waals surface area contributed by atoms with E-state index >= 15 is 0 Å². The average molecular weight is 405 g/mol. The van der Waals surface area contributed by atoms with Crippen LogP contribution in [0.4, 0.5) is 5.82 Å². The minimum atomic E-state index is 0.200. The van der Waals surface area contributed by atoms with Crippen molar-refractivity contribution in [3.05, 3.63) is 35.9 Å². The molecule has 0 spiro atoms. The smallest absolute Gasteiger partial charge is 0.196 e. The van der Waals surface area contributed by atoms with Crippen molar-refractivity contribution >= 4 is 39.8 Å². The van der Waals surface area contributed by atoms with Crippen LogP contribution in [0.1, 0.15) is 24.1 Å². The highest BCUT2D eigenvalue weighted by molar-refractivity contribution is 7.99. The predicted molar refractivity (Wildman–Crippen MR) is 112 cm³/mol. The first kappa shape index (κ1) is 17.1. The molecule has 1 aliphatic carbocycles. The van der Waals surface area contributed by atoms with Crippen LogP contribution in [0.15, 0.2) is 34.7 Å². The van der Waals surface area contributed by atoms with Crippen LogP contribution in [-0.4, -0.2) is 49.0 Å². The van der Waals surface area contributed by atoms with Crippen molar-refractivity contribution < 1.29 is 0 Å². The standard InChI is InChI=1S/C20H20N8S/c21-11-4-7-28(10-11)19-16-13-2-1-3-14(13)25-18(16)26-20(27-19)29-12-8-15-17(24-9-12)23-6-5-22-15/h5-6,8-9,11H,1-4,7,10,21H2,(H,25,26,27). The van der Waals surface area contributed by atoms with Gasteiger partial charge in [0.2, 0.25) is 0 Å². The number of pyridine rings is 1. The minimum Gasteiger partial charge on any atom is -0.354 e. The Morgan fingerprint density at radius 3 is 2.97 bits per heavy atom. The summed E-state index contributed by atoms with van der Waals surface area (Å²) >= 11 is 1.50. The van der Waals surface area contributed by atoms with E-state index in [1.807, 2.05) is 6.07 Å². The number of H-pyrrole nitrogens is 1. The highest BCUT2D eigenvalue weighted by Crippen LogP contribution is 2.38. The number of aromatic nitrogens is 6. The van der Waals surface area contributed by atoms with E-state index in [1.165, 1.54) is 34.8 Å². The van der Waals surface area contributed by atoms with E-state index in [-0.39, 0.29) is 6.04 Å². The second-order valence-electron chi connectivity index (χ2n) is 7.66. The van der Waals surface area contributed by atoms with E-state index in [1.54, 1.807) is 18.6 Å². The van der Waals surface area contributed by atoms with Crippen LogP contribution in [0.5, 0.6) is 0 Å². The molecule has 1 aliphatic heterocycles. The molecular formula is C20H20N8S. The highest BCUT2D eigenvalue weighted by Gasteiger charge is 2.28. The Morgan fingerprint density at radius 2 is 2.07 bits per heavy atom. The van der Waals surface area contributed by atoms with Gasteiger partial charge in [0.25, 0.3) is 0 Å². The van der Waals surface area contributed by atoms with E-state index in [0.717, 1.165) is 54.2 Å². The zero-order chi connectivity index (χ0) is 19.4. The van der Waals surface area contributed by atoms with E-state index in [2.05, 4.69) is 24.8 Å². The van der Waals surface area contributed by atoms with Crippen molar-refractivity contribution in [2.45, 2.75) is 41.8 Å². The molecule has 9 heteroatoms. The van der Waals surface area contributed by atoms with E-state index in [0.29, 0.717) is 10.8 Å². The van der Waals surface area contributed by atoms with E-state index in [4.69, 9.17) is 15.7 Å². The van der Waals surface area contributed by atoms with Gasteiger partial charge in [-0.25, -0.2) is 19.9 Å². The summed E-state index contributed by atoms with van der Waals surface area (Å²) in [4.78, 5) is 29.6. The van der Waals surface area contributed by atoms with Crippen molar-refractivity contribution in [2.24, 2.45) is 5.73 Å². The van der Waals surface area contributed by atoms with Crippen LogP contribution < -0.4 is 10.6 Å². The molecule has 4 aromatic rings. The lowest BCUT2D eigenvalue weighted by Crippen LogP contribution is -2.27. The van der Waals surface area contributed by atoms with Gasteiger partial charge in [-0.15, -0.1) is 0 Å². The summed E-state index contributed by atoms with van der Waals surface area (Å²) in [5.41, 5.74) is 11.2. The molecule has 3 N–H and O–H groups in total. The van der Waals surface area contributed by atoms with E-state index in [9.17, 15) is 0 Å². The third-order valence-electron chi connectivity index (χ3n) is 5.69. The number of fused-ring (bicyclic) bond motifs is 4. The third-order valence-corrected chi connectivity index (χ3v) is 6.52. The second kappa shape index (κ2) is 6.64. The van der Waals surface area contributed by atoms with Gasteiger partial charge in [-0.2, -0.15) is 0 Å². The number of nitrogens with two attached hydrogens (primary N) is 1. The zero-order valence-corrected chi connectivity index (χ0v) is 16.6. The molecule has 0 aromatic carbocycles. The molecule has 2 aliphatic rings. The largest absolute Gasteiger partial charge is 0.354 e. The number of anilines is 1. The van der Waals surface area contributed by atoms with Gasteiger partial charge >= 0.3 is 0 Å². The van der Waals surface area contributed by atoms with Crippen molar-refractivity contribution in [3.63, 3.8) is 0 Å². The van der Waals surface area contributed by atoms with Crippen LogP contribution in [0.3, 0.4) is 0 Å². The van der Waals surface area contributed by atoms with Gasteiger partial charge in [0.1, 0.15) is 17.0 Å². The molecule has 146 valence electrons. The number of hydrogen-bond donors (Lipinski definition) is 2. The Hall–Kier alpha value is -2.78. The fourth-order valence-corrected chi connectivity index (χ4v) is 5.11. The molecular weight excluding hydrogens is 384 g/mol. The zero-order valence-electron chi connectivity index (χ0n) is 15.8. The fraction of sp³-hybridized carbons (Fsp3) is 0.350. The maximum absolute atomic E-state index is 6.19. The maximum Gasteiger partial charge on any atom is 0.196 e. The molecule has 0 radical (unpaired) electrons. The first-order valence-corrected chi connectivity index (χ1v) is 10.7. The fourth-order valence-electron chi connectivity index (χ4n) is 4.35. The van der Waals surface area contributed by atoms with Crippen molar-refractivity contribution in [1.29, 1.82) is 0 Å². The van der Waals surface area contributed by atoms with Gasteiger partial charge < -0.3 is 15.6 Å². The van der Waals surface area contributed by atoms with Gasteiger partial charge in [0, 0.05) is 48.3 Å². The lowest BCUT2D eigenvalue weighted by atomic mass is 10.2. The lowest BCUT2D eigenvalue weighted by Gasteiger charge is -2.19. The average Bonchev–Trinajstić information content (AvgIpc) is 3.43. The lowest BCUT2D eigenvalue weighted by molar-refractivity contribution is 0.751. The summed E-state index contributed by atoms with van der Waals surface area (Å²) < 4.78 is 0. The second-order valence-corrected chi connectivity index (χ2v) is 8.70. The molecule has 8 nitrogen and oxygen atoms in total. The van der Waals surface area contributed by atoms with Gasteiger partial charge in [0.05, 0.1) is 5.39 Å². The van der Waals surface area contributed by atoms with Crippen LogP contribution >= 0.6 is 11.8 Å². The Bertz CT molecular complexity index is 1240. The van der Waals surface area contributed by atoms with Crippen LogP contribution in [0.25, 0.3) is 22.2 Å². The summed E-state index contributed by atoms with van der Waals surface area (Å²) in [6.45, 7) is 1.77. The molecule has 1 unspecified atom stereocenters. The predicted octanol–water partition coefficient (Wildman–Crippen LogP) is 2.47. The first-order valence-electron chi connectivity index (χ1n) is 9.91. The van der Waals surface area contributed by atoms with E-state index < -0.39 is 0 Å². The monoisotopic (exact) mass is 404 g/mol. The van der Waals surface area contributed by atoms with Gasteiger partial charge in [-0.3, -0.25) is 4.98 Å². The van der Waals surface area contributed by atoms with Gasteiger partial charge in [0.15, 0.2) is 10.8 Å². The number of aryl methyl sites for hydroxylation is 2. The number of nitrogens with zero attached hydrogens (tertiary/aromatic N) is 6. The number of rotatable bonds is 3. The minimum absolute atomic E-state index is 0.200. The van der Waals surface area contributed by atoms with Gasteiger partial charge in [-0.05, 0) is 49.1 Å². The van der Waals surface area contributed by atoms with Crippen LogP contribution in [-0.2, 0) is 12.8 Å². The number of aromatic amines is 1. The summed E-state index contributed by atoms with van der Waals surface area (Å²) in [5, 5.41) is 1.89. The summed E-state index contributed by atoms with van der Waals surface area (Å²) in [6.07, 6.45) is 9.48. The SMILES string of the molecule is NC1CCN(c2nc(Sc3cnc4nccnc4c3)nc3[nH]c4c(c23)CCC4)C1.